The number of hydrogen-bond donors (Lipinski definition) is 0. The van der Waals surface area contributed by atoms with Crippen molar-refractivity contribution in [2.75, 3.05) is 18.5 Å². The summed E-state index contributed by atoms with van der Waals surface area (Å²) >= 11 is 0. The van der Waals surface area contributed by atoms with Gasteiger partial charge in [-0.2, -0.15) is 0 Å². The van der Waals surface area contributed by atoms with E-state index in [0.717, 1.165) is 6.42 Å². The molecule has 0 N–H and O–H groups in total. The van der Waals surface area contributed by atoms with Crippen LogP contribution < -0.4 is 0 Å². The Labute approximate surface area is 309 Å². The molecule has 2 nitrogen and oxygen atoms in total. The van der Waals surface area contributed by atoms with Crippen molar-refractivity contribution in [1.82, 2.24) is 0 Å². The van der Waals surface area contributed by atoms with Crippen molar-refractivity contribution in [1.29, 1.82) is 0 Å². The van der Waals surface area contributed by atoms with Gasteiger partial charge in [0.1, 0.15) is 0 Å². The van der Waals surface area contributed by atoms with E-state index in [1.54, 1.807) is 0 Å². The minimum atomic E-state index is -1.66. The van der Waals surface area contributed by atoms with Crippen molar-refractivity contribution in [3.63, 3.8) is 0 Å². The van der Waals surface area contributed by atoms with Crippen LogP contribution in [0, 0.1) is 0 Å². The zero-order chi connectivity index (χ0) is 32.9. The van der Waals surface area contributed by atoms with Gasteiger partial charge in [-0.3, -0.25) is 0 Å². The zero-order valence-electron chi connectivity index (χ0n) is 32.6. The fraction of sp³-hybridized carbons (Fsp3) is 0.976. The molecule has 0 atom stereocenters. The van der Waals surface area contributed by atoms with E-state index < -0.39 is 7.49 Å². The van der Waals surface area contributed by atoms with Crippen molar-refractivity contribution in [2.24, 2.45) is 0 Å². The summed E-state index contributed by atoms with van der Waals surface area (Å²) in [5.74, 6) is 0.154. The van der Waals surface area contributed by atoms with Gasteiger partial charge in [-0.05, 0) is 44.9 Å². The number of unbranched alkanes of at least 4 members (excludes halogenated alkanes) is 29. The van der Waals surface area contributed by atoms with Crippen LogP contribution in [-0.2, 0) is 9.32 Å². The Morgan fingerprint density at radius 1 is 0.348 bits per heavy atom. The standard InChI is InChI=1S/C42H86O2P.Sn.2H/c1-5-9-13-17-21-22-23-24-25-26-27-28-29-30-34-38-42(43)44-45(39-35-31-18-14-10-6-2,40-36-32-19-15-11-7-3)41-37-33-20-16-12-8-4;;;/h5-41H2,1-4H3;;;/q+1;;;. The molecule has 276 valence electrons. The van der Waals surface area contributed by atoms with Crippen LogP contribution in [0.2, 0.25) is 0 Å². The van der Waals surface area contributed by atoms with Gasteiger partial charge in [0.05, 0.1) is 24.9 Å². The van der Waals surface area contributed by atoms with Crippen molar-refractivity contribution in [3.05, 3.63) is 0 Å². The monoisotopic (exact) mass is 776 g/mol. The number of carbonyl (C=O) groups excluding carboxylic acids is 1. The number of rotatable bonds is 38. The Bertz CT molecular complexity index is 543. The molecule has 0 aromatic heterocycles. The molecule has 0 heterocycles. The first-order valence-corrected chi connectivity index (χ1v) is 23.5. The summed E-state index contributed by atoms with van der Waals surface area (Å²) in [4.78, 5) is 13.3. The van der Waals surface area contributed by atoms with Gasteiger partial charge in [0.25, 0.3) is 0 Å². The van der Waals surface area contributed by atoms with Crippen LogP contribution >= 0.6 is 7.49 Å². The third-order valence-electron chi connectivity index (χ3n) is 10.0. The Kier molecular flexibility index (Phi) is 42.6. The molecule has 0 aliphatic heterocycles. The number of carbonyl (C=O) groups is 1. The molecule has 0 rings (SSSR count). The summed E-state index contributed by atoms with van der Waals surface area (Å²) in [7, 11) is -1.66. The van der Waals surface area contributed by atoms with Gasteiger partial charge >= 0.3 is 29.9 Å². The van der Waals surface area contributed by atoms with E-state index in [9.17, 15) is 4.79 Å². The molecule has 46 heavy (non-hydrogen) atoms. The summed E-state index contributed by atoms with van der Waals surface area (Å²) in [5, 5.41) is 0. The predicted molar refractivity (Wildman–Crippen MR) is 216 cm³/mol. The molecular weight excluding hydrogens is 686 g/mol. The Morgan fingerprint density at radius 3 is 0.826 bits per heavy atom. The fourth-order valence-electron chi connectivity index (χ4n) is 6.92. The molecular formula is C42H88O2PSn+. The van der Waals surface area contributed by atoms with Crippen molar-refractivity contribution in [2.45, 2.75) is 246 Å². The van der Waals surface area contributed by atoms with Gasteiger partial charge in [-0.1, -0.05) is 195 Å². The van der Waals surface area contributed by atoms with Crippen LogP contribution in [0.1, 0.15) is 246 Å². The molecule has 4 heteroatoms. The molecule has 2 radical (unpaired) electrons. The van der Waals surface area contributed by atoms with Gasteiger partial charge in [-0.15, -0.1) is 0 Å². The summed E-state index contributed by atoms with van der Waals surface area (Å²) in [6.07, 6.45) is 48.7. The summed E-state index contributed by atoms with van der Waals surface area (Å²) in [6.45, 7) is 9.20. The van der Waals surface area contributed by atoms with Crippen molar-refractivity contribution in [3.8, 4) is 0 Å². The molecule has 0 bridgehead atoms. The Hall–Kier alpha value is 0.699. The second-order valence-corrected chi connectivity index (χ2v) is 18.3. The first kappa shape index (κ1) is 48.8. The van der Waals surface area contributed by atoms with E-state index in [1.165, 1.54) is 224 Å². The molecule has 0 fully saturated rings. The second-order valence-electron chi connectivity index (χ2n) is 14.7. The molecule has 0 aliphatic rings. The zero-order valence-corrected chi connectivity index (χ0v) is 37.6. The van der Waals surface area contributed by atoms with Crippen LogP contribution in [-0.4, -0.2) is 48.4 Å². The van der Waals surface area contributed by atoms with Gasteiger partial charge in [0.15, 0.2) is 7.49 Å². The number of hydrogen-bond acceptors (Lipinski definition) is 2. The van der Waals surface area contributed by atoms with Crippen molar-refractivity contribution >= 4 is 37.4 Å². The minimum absolute atomic E-state index is 0. The Morgan fingerprint density at radius 2 is 0.565 bits per heavy atom. The second kappa shape index (κ2) is 40.1. The summed E-state index contributed by atoms with van der Waals surface area (Å²) in [5.41, 5.74) is 0. The molecule has 0 saturated heterocycles. The first-order valence-electron chi connectivity index (χ1n) is 21.2. The van der Waals surface area contributed by atoms with Crippen LogP contribution in [0.15, 0.2) is 0 Å². The third kappa shape index (κ3) is 34.6. The van der Waals surface area contributed by atoms with E-state index >= 15 is 0 Å². The molecule has 0 saturated carbocycles. The summed E-state index contributed by atoms with van der Waals surface area (Å²) < 4.78 is 6.71. The van der Waals surface area contributed by atoms with Crippen LogP contribution in [0.3, 0.4) is 0 Å². The Balaban J connectivity index is 0. The quantitative estimate of drug-likeness (QED) is 0.0355. The van der Waals surface area contributed by atoms with E-state index in [1.807, 2.05) is 0 Å². The first-order chi connectivity index (χ1) is 22.1. The van der Waals surface area contributed by atoms with Crippen LogP contribution in [0.25, 0.3) is 0 Å². The molecule has 0 aromatic carbocycles. The van der Waals surface area contributed by atoms with Gasteiger partial charge < -0.3 is 4.52 Å². The molecule has 0 aliphatic carbocycles. The normalized spacial score (nSPS) is 11.6. The van der Waals surface area contributed by atoms with Crippen molar-refractivity contribution < 1.29 is 9.32 Å². The van der Waals surface area contributed by atoms with E-state index in [2.05, 4.69) is 27.7 Å². The maximum atomic E-state index is 13.3. The fourth-order valence-corrected chi connectivity index (χ4v) is 10.8. The van der Waals surface area contributed by atoms with Gasteiger partial charge in [-0.25, -0.2) is 4.79 Å². The molecule has 0 unspecified atom stereocenters. The molecule has 0 aromatic rings. The van der Waals surface area contributed by atoms with E-state index in [4.69, 9.17) is 4.52 Å². The SMILES string of the molecule is CCCCCCCCCCCCCCCCCC(=O)O[P+](CCCCCCCC)(CCCCCCCC)CCCCCCCC.[SnH2]. The van der Waals surface area contributed by atoms with E-state index in [-0.39, 0.29) is 29.9 Å². The van der Waals surface area contributed by atoms with E-state index in [0.29, 0.717) is 6.42 Å². The molecule has 0 amide bonds. The summed E-state index contributed by atoms with van der Waals surface area (Å²) in [6, 6.07) is 0. The van der Waals surface area contributed by atoms with Crippen LogP contribution in [0.5, 0.6) is 0 Å². The predicted octanol–water partition coefficient (Wildman–Crippen LogP) is 14.9. The average molecular weight is 775 g/mol. The van der Waals surface area contributed by atoms with Gasteiger partial charge in [0.2, 0.25) is 0 Å². The average Bonchev–Trinajstić information content (AvgIpc) is 3.04. The topological polar surface area (TPSA) is 26.3 Å². The van der Waals surface area contributed by atoms with Crippen LogP contribution in [0.4, 0.5) is 0 Å². The third-order valence-corrected chi connectivity index (χ3v) is 14.0. The maximum absolute atomic E-state index is 13.3. The van der Waals surface area contributed by atoms with Gasteiger partial charge in [0, 0.05) is 0 Å². The molecule has 0 spiro atoms.